The van der Waals surface area contributed by atoms with E-state index >= 15 is 0 Å². The smallest absolute Gasteiger partial charge is 0.872 e. The van der Waals surface area contributed by atoms with Crippen molar-refractivity contribution in [3.63, 3.8) is 0 Å². The molecule has 0 saturated carbocycles. The molecule has 0 amide bonds. The number of hydrogen-bond acceptors (Lipinski definition) is 4. The molecule has 0 aliphatic rings. The summed E-state index contributed by atoms with van der Waals surface area (Å²) < 4.78 is 0. The van der Waals surface area contributed by atoms with Crippen molar-refractivity contribution in [2.45, 2.75) is 0 Å². The maximum atomic E-state index is 11.4. The van der Waals surface area contributed by atoms with E-state index in [9.17, 15) is 10.2 Å². The molecule has 0 aliphatic carbocycles. The first-order chi connectivity index (χ1) is 9.77. The largest absolute Gasteiger partial charge is 2.00 e. The van der Waals surface area contributed by atoms with Crippen LogP contribution >= 0.6 is 0 Å². The minimum Gasteiger partial charge on any atom is -0.872 e. The molecule has 0 aliphatic heterocycles. The molecule has 0 radical (unpaired) electrons. The van der Waals surface area contributed by atoms with Crippen molar-refractivity contribution in [3.8, 4) is 11.5 Å². The Labute approximate surface area is 134 Å². The zero-order chi connectivity index (χ0) is 14.2. The van der Waals surface area contributed by atoms with Gasteiger partial charge in [0.15, 0.2) is 0 Å². The van der Waals surface area contributed by atoms with E-state index in [1.807, 2.05) is 0 Å². The molecule has 21 heavy (non-hydrogen) atoms. The van der Waals surface area contributed by atoms with Crippen LogP contribution in [0.1, 0.15) is 11.1 Å². The standard InChI is InChI=1S/C16H16N2O2.Cr/c19-15-7-3-1-5-13(15)11-17-9-10-18-12-14-6-2-4-8-16(14)20;/h1-8,11-12,19-20H,9-10H2;/q;+2/p-2. The minimum absolute atomic E-state index is 0. The number of hydrogen-bond donors (Lipinski definition) is 0. The second kappa shape index (κ2) is 8.96. The van der Waals surface area contributed by atoms with Gasteiger partial charge in [0.05, 0.1) is 13.1 Å². The topological polar surface area (TPSA) is 70.8 Å². The molecule has 0 bridgehead atoms. The molecule has 106 valence electrons. The predicted octanol–water partition coefficient (Wildman–Crippen LogP) is 1.37. The molecule has 0 N–H and O–H groups in total. The van der Waals surface area contributed by atoms with Crippen LogP contribution in [0, 0.1) is 0 Å². The Hall–Kier alpha value is -2.09. The summed E-state index contributed by atoms with van der Waals surface area (Å²) in [7, 11) is 0. The maximum Gasteiger partial charge on any atom is 2.00 e. The second-order valence-electron chi connectivity index (χ2n) is 4.15. The fraction of sp³-hybridized carbons (Fsp3) is 0.125. The third-order valence-corrected chi connectivity index (χ3v) is 2.66. The summed E-state index contributed by atoms with van der Waals surface area (Å²) in [6, 6.07) is 13.5. The summed E-state index contributed by atoms with van der Waals surface area (Å²) in [6.45, 7) is 0.956. The zero-order valence-electron chi connectivity index (χ0n) is 11.3. The molecule has 0 unspecified atom stereocenters. The fourth-order valence-corrected chi connectivity index (χ4v) is 1.62. The summed E-state index contributed by atoms with van der Waals surface area (Å²) in [4.78, 5) is 8.28. The molecule has 0 saturated heterocycles. The van der Waals surface area contributed by atoms with Gasteiger partial charge in [-0.25, -0.2) is 0 Å². The third kappa shape index (κ3) is 5.43. The zero-order valence-corrected chi connectivity index (χ0v) is 12.6. The van der Waals surface area contributed by atoms with Crippen LogP contribution in [0.25, 0.3) is 0 Å². The van der Waals surface area contributed by atoms with Gasteiger partial charge in [-0.2, -0.15) is 0 Å². The van der Waals surface area contributed by atoms with Gasteiger partial charge in [-0.05, 0) is 11.1 Å². The Balaban J connectivity index is 0.00000220. The van der Waals surface area contributed by atoms with Crippen LogP contribution in [0.5, 0.6) is 11.5 Å². The molecule has 0 heterocycles. The number of para-hydroxylation sites is 2. The average molecular weight is 318 g/mol. The molecular formula is C16H14CrN2O2. The Morgan fingerprint density at radius 1 is 0.714 bits per heavy atom. The summed E-state index contributed by atoms with van der Waals surface area (Å²) in [6.07, 6.45) is 3.11. The minimum atomic E-state index is -0.0416. The molecule has 2 rings (SSSR count). The van der Waals surface area contributed by atoms with Crippen LogP contribution in [-0.2, 0) is 17.4 Å². The Kier molecular flexibility index (Phi) is 7.24. The molecule has 0 aromatic heterocycles. The molecular weight excluding hydrogens is 304 g/mol. The van der Waals surface area contributed by atoms with E-state index in [1.54, 1.807) is 48.8 Å². The average Bonchev–Trinajstić information content (AvgIpc) is 2.46. The van der Waals surface area contributed by atoms with Crippen molar-refractivity contribution < 1.29 is 27.6 Å². The first-order valence-corrected chi connectivity index (χ1v) is 6.29. The number of aliphatic imine (C=N–C) groups is 2. The van der Waals surface area contributed by atoms with Crippen molar-refractivity contribution in [2.75, 3.05) is 13.1 Å². The molecule has 2 aromatic rings. The van der Waals surface area contributed by atoms with E-state index in [1.165, 1.54) is 12.1 Å². The van der Waals surface area contributed by atoms with E-state index in [0.29, 0.717) is 24.2 Å². The van der Waals surface area contributed by atoms with E-state index in [2.05, 4.69) is 9.98 Å². The van der Waals surface area contributed by atoms with Crippen LogP contribution in [0.15, 0.2) is 58.5 Å². The van der Waals surface area contributed by atoms with Crippen LogP contribution in [0.2, 0.25) is 0 Å². The van der Waals surface area contributed by atoms with Gasteiger partial charge >= 0.3 is 17.4 Å². The van der Waals surface area contributed by atoms with Gasteiger partial charge in [-0.1, -0.05) is 48.5 Å². The number of rotatable bonds is 5. The summed E-state index contributed by atoms with van der Waals surface area (Å²) in [5.41, 5.74) is 1.14. The summed E-state index contributed by atoms with van der Waals surface area (Å²) >= 11 is 0. The molecule has 0 fully saturated rings. The molecule has 0 atom stereocenters. The SMILES string of the molecule is [Cr+2].[O-]c1ccccc1C=NCCN=Cc1ccccc1[O-]. The Bertz CT molecular complexity index is 572. The normalized spacial score (nSPS) is 10.9. The molecule has 4 nitrogen and oxygen atoms in total. The molecule has 2 aromatic carbocycles. The second-order valence-corrected chi connectivity index (χ2v) is 4.15. The van der Waals surface area contributed by atoms with E-state index in [0.717, 1.165) is 0 Å². The van der Waals surface area contributed by atoms with Gasteiger partial charge in [-0.3, -0.25) is 9.98 Å². The van der Waals surface area contributed by atoms with Gasteiger partial charge in [0.2, 0.25) is 0 Å². The van der Waals surface area contributed by atoms with Gasteiger partial charge in [-0.15, -0.1) is 11.5 Å². The molecule has 0 spiro atoms. The maximum absolute atomic E-state index is 11.4. The van der Waals surface area contributed by atoms with Crippen LogP contribution < -0.4 is 10.2 Å². The number of benzene rings is 2. The van der Waals surface area contributed by atoms with Gasteiger partial charge < -0.3 is 10.2 Å². The first kappa shape index (κ1) is 17.0. The molecule has 5 heteroatoms. The monoisotopic (exact) mass is 318 g/mol. The van der Waals surface area contributed by atoms with Gasteiger partial charge in [0.1, 0.15) is 0 Å². The van der Waals surface area contributed by atoms with Crippen LogP contribution in [0.3, 0.4) is 0 Å². The summed E-state index contributed by atoms with van der Waals surface area (Å²) in [5, 5.41) is 22.8. The van der Waals surface area contributed by atoms with E-state index in [-0.39, 0.29) is 28.9 Å². The third-order valence-electron chi connectivity index (χ3n) is 2.66. The quantitative estimate of drug-likeness (QED) is 0.617. The fourth-order valence-electron chi connectivity index (χ4n) is 1.62. The predicted molar refractivity (Wildman–Crippen MR) is 76.7 cm³/mol. The van der Waals surface area contributed by atoms with Crippen molar-refractivity contribution in [1.82, 2.24) is 0 Å². The Morgan fingerprint density at radius 3 is 1.48 bits per heavy atom. The number of nitrogens with zero attached hydrogens (tertiary/aromatic N) is 2. The van der Waals surface area contributed by atoms with Gasteiger partial charge in [0.25, 0.3) is 0 Å². The van der Waals surface area contributed by atoms with Crippen LogP contribution in [0.4, 0.5) is 0 Å². The van der Waals surface area contributed by atoms with Crippen LogP contribution in [-0.4, -0.2) is 25.5 Å². The van der Waals surface area contributed by atoms with Crippen molar-refractivity contribution >= 4 is 12.4 Å². The van der Waals surface area contributed by atoms with Gasteiger partial charge in [0, 0.05) is 12.4 Å². The Morgan fingerprint density at radius 2 is 1.10 bits per heavy atom. The summed E-state index contributed by atoms with van der Waals surface area (Å²) in [5.74, 6) is -0.0833. The first-order valence-electron chi connectivity index (χ1n) is 6.29. The van der Waals surface area contributed by atoms with Crippen molar-refractivity contribution in [3.05, 3.63) is 59.7 Å². The van der Waals surface area contributed by atoms with Crippen molar-refractivity contribution in [1.29, 1.82) is 0 Å². The van der Waals surface area contributed by atoms with Crippen molar-refractivity contribution in [2.24, 2.45) is 9.98 Å². The van der Waals surface area contributed by atoms with E-state index < -0.39 is 0 Å². The van der Waals surface area contributed by atoms with E-state index in [4.69, 9.17) is 0 Å².